The first-order valence-corrected chi connectivity index (χ1v) is 7.69. The molecule has 0 aromatic rings. The molecule has 0 aromatic heterocycles. The van der Waals surface area contributed by atoms with Crippen molar-refractivity contribution in [3.05, 3.63) is 0 Å². The van der Waals surface area contributed by atoms with Crippen LogP contribution in [0.15, 0.2) is 0 Å². The number of carbonyl (C=O) groups is 2. The van der Waals surface area contributed by atoms with Gasteiger partial charge in [0, 0.05) is 11.3 Å². The van der Waals surface area contributed by atoms with Crippen molar-refractivity contribution in [1.82, 2.24) is 10.6 Å². The summed E-state index contributed by atoms with van der Waals surface area (Å²) in [6.45, 7) is 1.90. The van der Waals surface area contributed by atoms with E-state index < -0.39 is 12.0 Å². The standard InChI is InChI=1S/C12H22N2O3S/c1-3-5-9(11(15)16)14-12(17)13-8-6-4-7-10(8)18-2/h8-10H,3-7H2,1-2H3,(H,15,16)(H2,13,14,17). The second-order valence-corrected chi connectivity index (χ2v) is 5.69. The molecule has 1 aliphatic carbocycles. The average molecular weight is 274 g/mol. The number of carboxylic acid groups (broad SMARTS) is 1. The van der Waals surface area contributed by atoms with Crippen molar-refractivity contribution in [2.45, 2.75) is 56.4 Å². The number of carboxylic acids is 1. The Balaban J connectivity index is 2.42. The summed E-state index contributed by atoms with van der Waals surface area (Å²) in [5.41, 5.74) is 0. The summed E-state index contributed by atoms with van der Waals surface area (Å²) < 4.78 is 0. The summed E-state index contributed by atoms with van der Waals surface area (Å²) >= 11 is 1.76. The van der Waals surface area contributed by atoms with E-state index in [0.29, 0.717) is 11.7 Å². The first kappa shape index (κ1) is 15.1. The van der Waals surface area contributed by atoms with Crippen molar-refractivity contribution < 1.29 is 14.7 Å². The van der Waals surface area contributed by atoms with Crippen LogP contribution in [0.3, 0.4) is 0 Å². The maximum atomic E-state index is 11.8. The number of thioether (sulfide) groups is 1. The highest BCUT2D eigenvalue weighted by Crippen LogP contribution is 2.28. The summed E-state index contributed by atoms with van der Waals surface area (Å²) in [6, 6.07) is -0.984. The fourth-order valence-electron chi connectivity index (χ4n) is 2.29. The molecular weight excluding hydrogens is 252 g/mol. The van der Waals surface area contributed by atoms with E-state index in [9.17, 15) is 9.59 Å². The minimum absolute atomic E-state index is 0.163. The first-order valence-electron chi connectivity index (χ1n) is 6.41. The van der Waals surface area contributed by atoms with Crippen LogP contribution in [-0.2, 0) is 4.79 Å². The van der Waals surface area contributed by atoms with Crippen LogP contribution in [0.4, 0.5) is 4.79 Å². The third kappa shape index (κ3) is 4.40. The van der Waals surface area contributed by atoms with Crippen LogP contribution in [0.5, 0.6) is 0 Å². The number of carbonyl (C=O) groups excluding carboxylic acids is 1. The van der Waals surface area contributed by atoms with Gasteiger partial charge in [-0.3, -0.25) is 0 Å². The Kier molecular flexibility index (Phi) is 6.32. The van der Waals surface area contributed by atoms with Crippen molar-refractivity contribution >= 4 is 23.8 Å². The highest BCUT2D eigenvalue weighted by atomic mass is 32.2. The van der Waals surface area contributed by atoms with Gasteiger partial charge in [0.05, 0.1) is 0 Å². The molecule has 0 heterocycles. The average Bonchev–Trinajstić information content (AvgIpc) is 2.75. The van der Waals surface area contributed by atoms with Crippen molar-refractivity contribution in [2.75, 3.05) is 6.26 Å². The van der Waals surface area contributed by atoms with Crippen molar-refractivity contribution in [1.29, 1.82) is 0 Å². The monoisotopic (exact) mass is 274 g/mol. The zero-order chi connectivity index (χ0) is 13.5. The molecule has 0 spiro atoms. The first-order chi connectivity index (χ1) is 8.58. The summed E-state index contributed by atoms with van der Waals surface area (Å²) in [6.07, 6.45) is 6.44. The molecule has 0 aliphatic heterocycles. The number of hydrogen-bond acceptors (Lipinski definition) is 3. The van der Waals surface area contributed by atoms with E-state index in [0.717, 1.165) is 25.7 Å². The fraction of sp³-hybridized carbons (Fsp3) is 0.833. The zero-order valence-electron chi connectivity index (χ0n) is 10.9. The lowest BCUT2D eigenvalue weighted by Crippen LogP contribution is -2.50. The third-order valence-electron chi connectivity index (χ3n) is 3.25. The molecule has 3 unspecified atom stereocenters. The van der Waals surface area contributed by atoms with Crippen LogP contribution >= 0.6 is 11.8 Å². The predicted molar refractivity (Wildman–Crippen MR) is 72.9 cm³/mol. The molecule has 1 rings (SSSR count). The SMILES string of the molecule is CCCC(NC(=O)NC1CCCC1SC)C(=O)O. The lowest BCUT2D eigenvalue weighted by molar-refractivity contribution is -0.139. The summed E-state index contributed by atoms with van der Waals surface area (Å²) in [7, 11) is 0. The normalized spacial score (nSPS) is 24.6. The molecule has 1 aliphatic rings. The lowest BCUT2D eigenvalue weighted by atomic mass is 10.2. The van der Waals surface area contributed by atoms with Crippen molar-refractivity contribution in [3.8, 4) is 0 Å². The van der Waals surface area contributed by atoms with Gasteiger partial charge in [-0.2, -0.15) is 11.8 Å². The minimum atomic E-state index is -0.972. The number of urea groups is 1. The maximum absolute atomic E-state index is 11.8. The van der Waals surface area contributed by atoms with E-state index in [-0.39, 0.29) is 12.1 Å². The van der Waals surface area contributed by atoms with Crippen LogP contribution < -0.4 is 10.6 Å². The summed E-state index contributed by atoms with van der Waals surface area (Å²) in [4.78, 5) is 22.7. The van der Waals surface area contributed by atoms with Crippen LogP contribution in [-0.4, -0.2) is 40.7 Å². The molecular formula is C12H22N2O3S. The Morgan fingerprint density at radius 1 is 1.44 bits per heavy atom. The number of hydrogen-bond donors (Lipinski definition) is 3. The van der Waals surface area contributed by atoms with Crippen LogP contribution in [0, 0.1) is 0 Å². The van der Waals surface area contributed by atoms with E-state index in [2.05, 4.69) is 10.6 Å². The molecule has 3 N–H and O–H groups in total. The van der Waals surface area contributed by atoms with Gasteiger partial charge in [-0.05, 0) is 25.5 Å². The van der Waals surface area contributed by atoms with Gasteiger partial charge in [-0.25, -0.2) is 9.59 Å². The zero-order valence-corrected chi connectivity index (χ0v) is 11.8. The molecule has 6 heteroatoms. The van der Waals surface area contributed by atoms with Gasteiger partial charge in [0.1, 0.15) is 6.04 Å². The van der Waals surface area contributed by atoms with Gasteiger partial charge in [-0.15, -0.1) is 0 Å². The van der Waals surface area contributed by atoms with E-state index in [1.165, 1.54) is 0 Å². The molecule has 0 saturated heterocycles. The van der Waals surface area contributed by atoms with Gasteiger partial charge in [0.15, 0.2) is 0 Å². The molecule has 18 heavy (non-hydrogen) atoms. The third-order valence-corrected chi connectivity index (χ3v) is 4.42. The smallest absolute Gasteiger partial charge is 0.326 e. The van der Waals surface area contributed by atoms with E-state index >= 15 is 0 Å². The Morgan fingerprint density at radius 3 is 2.72 bits per heavy atom. The van der Waals surface area contributed by atoms with E-state index in [1.807, 2.05) is 13.2 Å². The molecule has 1 saturated carbocycles. The highest BCUT2D eigenvalue weighted by molar-refractivity contribution is 7.99. The summed E-state index contributed by atoms with van der Waals surface area (Å²) in [5, 5.41) is 14.8. The number of nitrogens with one attached hydrogen (secondary N) is 2. The second kappa shape index (κ2) is 7.51. The summed E-state index contributed by atoms with van der Waals surface area (Å²) in [5.74, 6) is -0.972. The largest absolute Gasteiger partial charge is 0.480 e. The minimum Gasteiger partial charge on any atom is -0.480 e. The Hall–Kier alpha value is -0.910. The van der Waals surface area contributed by atoms with Crippen LogP contribution in [0.2, 0.25) is 0 Å². The molecule has 0 radical (unpaired) electrons. The topological polar surface area (TPSA) is 78.4 Å². The van der Waals surface area contributed by atoms with E-state index in [4.69, 9.17) is 5.11 Å². The molecule has 5 nitrogen and oxygen atoms in total. The van der Waals surface area contributed by atoms with Gasteiger partial charge in [0.2, 0.25) is 0 Å². The Labute approximate surface area is 112 Å². The van der Waals surface area contributed by atoms with E-state index in [1.54, 1.807) is 11.8 Å². The van der Waals surface area contributed by atoms with Gasteiger partial charge in [0.25, 0.3) is 0 Å². The second-order valence-electron chi connectivity index (χ2n) is 4.61. The van der Waals surface area contributed by atoms with Crippen LogP contribution in [0.25, 0.3) is 0 Å². The molecule has 2 amide bonds. The van der Waals surface area contributed by atoms with Gasteiger partial charge >= 0.3 is 12.0 Å². The number of amides is 2. The number of aliphatic carboxylic acids is 1. The Bertz CT molecular complexity index is 299. The Morgan fingerprint density at radius 2 is 2.17 bits per heavy atom. The molecule has 0 aromatic carbocycles. The number of rotatable bonds is 6. The van der Waals surface area contributed by atoms with Crippen molar-refractivity contribution in [2.24, 2.45) is 0 Å². The molecule has 104 valence electrons. The predicted octanol–water partition coefficient (Wildman–Crippen LogP) is 1.82. The molecule has 3 atom stereocenters. The van der Waals surface area contributed by atoms with Crippen molar-refractivity contribution in [3.63, 3.8) is 0 Å². The molecule has 0 bridgehead atoms. The quantitative estimate of drug-likeness (QED) is 0.690. The molecule has 1 fully saturated rings. The van der Waals surface area contributed by atoms with Gasteiger partial charge in [-0.1, -0.05) is 19.8 Å². The van der Waals surface area contributed by atoms with Gasteiger partial charge < -0.3 is 15.7 Å². The van der Waals surface area contributed by atoms with Crippen LogP contribution in [0.1, 0.15) is 39.0 Å². The highest BCUT2D eigenvalue weighted by Gasteiger charge is 2.28. The lowest BCUT2D eigenvalue weighted by Gasteiger charge is -2.21. The maximum Gasteiger partial charge on any atom is 0.326 e. The fourth-order valence-corrected chi connectivity index (χ4v) is 3.22.